The van der Waals surface area contributed by atoms with Crippen LogP contribution in [0.2, 0.25) is 0 Å². The van der Waals surface area contributed by atoms with Crippen molar-refractivity contribution in [2.75, 3.05) is 7.11 Å². The van der Waals surface area contributed by atoms with Crippen molar-refractivity contribution in [3.8, 4) is 23.5 Å². The molecule has 0 radical (unpaired) electrons. The third kappa shape index (κ3) is 3.02. The van der Waals surface area contributed by atoms with Gasteiger partial charge < -0.3 is 19.7 Å². The number of rotatable bonds is 3. The van der Waals surface area contributed by atoms with Crippen molar-refractivity contribution < 1.29 is 19.4 Å². The number of hydrogen-bond donors (Lipinski definition) is 4. The van der Waals surface area contributed by atoms with Crippen LogP contribution in [0.1, 0.15) is 5.69 Å². The third-order valence-corrected chi connectivity index (χ3v) is 5.28. The van der Waals surface area contributed by atoms with Crippen molar-refractivity contribution >= 4 is 33.6 Å². The quantitative estimate of drug-likeness (QED) is 0.301. The summed E-state index contributed by atoms with van der Waals surface area (Å²) in [6, 6.07) is 12.0. The molecule has 1 fully saturated rings. The number of amides is 3. The SMILES string of the molecule is COc1ccc2cn(C[C@@]3(C#Cc4[nH]nc5ccccc45)NC(=O)NC3=O)c(O)c2c1. The first-order chi connectivity index (χ1) is 15.0. The van der Waals surface area contributed by atoms with Gasteiger partial charge in [-0.2, -0.15) is 5.10 Å². The third-order valence-electron chi connectivity index (χ3n) is 5.28. The summed E-state index contributed by atoms with van der Waals surface area (Å²) in [7, 11) is 1.54. The minimum absolute atomic E-state index is 0.0592. The number of imide groups is 1. The normalized spacial score (nSPS) is 18.0. The molecule has 3 heterocycles. The van der Waals surface area contributed by atoms with Crippen molar-refractivity contribution in [2.45, 2.75) is 12.1 Å². The van der Waals surface area contributed by atoms with Gasteiger partial charge in [-0.05, 0) is 36.3 Å². The standard InChI is InChI=1S/C22H17N5O4/c1-31-14-7-6-13-11-27(19(28)16(13)10-14)12-22(20(29)23-21(30)24-22)9-8-18-15-4-2-3-5-17(15)25-26-18/h2-7,10-11,28H,12H2,1H3,(H,25,26)(H2,23,24,29,30)/t22-/m1/s1. The van der Waals surface area contributed by atoms with E-state index >= 15 is 0 Å². The molecule has 2 aromatic heterocycles. The number of aromatic amines is 1. The molecule has 0 spiro atoms. The summed E-state index contributed by atoms with van der Waals surface area (Å²) in [5.41, 5.74) is -0.306. The maximum atomic E-state index is 12.7. The summed E-state index contributed by atoms with van der Waals surface area (Å²) < 4.78 is 6.69. The second-order valence-corrected chi connectivity index (χ2v) is 7.21. The second-order valence-electron chi connectivity index (χ2n) is 7.21. The Hall–Kier alpha value is -4.45. The molecule has 9 heteroatoms. The number of fused-ring (bicyclic) bond motifs is 2. The molecule has 4 N–H and O–H groups in total. The first-order valence-corrected chi connectivity index (χ1v) is 9.45. The van der Waals surface area contributed by atoms with Crippen LogP contribution in [0.5, 0.6) is 11.6 Å². The number of nitrogens with one attached hydrogen (secondary N) is 3. The highest BCUT2D eigenvalue weighted by molar-refractivity contribution is 6.09. The Labute approximate surface area is 176 Å². The van der Waals surface area contributed by atoms with Gasteiger partial charge >= 0.3 is 6.03 Å². The van der Waals surface area contributed by atoms with Crippen LogP contribution >= 0.6 is 0 Å². The molecule has 0 saturated carbocycles. The number of hydrogen-bond acceptors (Lipinski definition) is 5. The van der Waals surface area contributed by atoms with Gasteiger partial charge in [-0.3, -0.25) is 15.2 Å². The molecule has 9 nitrogen and oxygen atoms in total. The van der Waals surface area contributed by atoms with Gasteiger partial charge in [-0.25, -0.2) is 4.79 Å². The molecule has 0 unspecified atom stereocenters. The number of carbonyl (C=O) groups is 2. The van der Waals surface area contributed by atoms with Gasteiger partial charge in [-0.15, -0.1) is 0 Å². The molecule has 0 aliphatic carbocycles. The molecule has 5 rings (SSSR count). The fourth-order valence-corrected chi connectivity index (χ4v) is 3.68. The van der Waals surface area contributed by atoms with Crippen molar-refractivity contribution in [2.24, 2.45) is 0 Å². The van der Waals surface area contributed by atoms with Crippen molar-refractivity contribution in [1.82, 2.24) is 25.4 Å². The minimum Gasteiger partial charge on any atom is -0.497 e. The number of methoxy groups -OCH3 is 1. The number of H-pyrrole nitrogens is 1. The van der Waals surface area contributed by atoms with Crippen LogP contribution in [0.15, 0.2) is 48.7 Å². The largest absolute Gasteiger partial charge is 0.497 e. The van der Waals surface area contributed by atoms with Gasteiger partial charge in [0, 0.05) is 22.4 Å². The van der Waals surface area contributed by atoms with E-state index in [0.717, 1.165) is 16.3 Å². The number of aromatic nitrogens is 3. The molecule has 154 valence electrons. The van der Waals surface area contributed by atoms with E-state index in [1.807, 2.05) is 24.3 Å². The first-order valence-electron chi connectivity index (χ1n) is 9.45. The zero-order valence-electron chi connectivity index (χ0n) is 16.4. The monoisotopic (exact) mass is 415 g/mol. The Morgan fingerprint density at radius 2 is 2.03 bits per heavy atom. The maximum absolute atomic E-state index is 12.7. The molecule has 4 aromatic rings. The highest BCUT2D eigenvalue weighted by Gasteiger charge is 2.46. The highest BCUT2D eigenvalue weighted by atomic mass is 16.5. The van der Waals surface area contributed by atoms with E-state index in [1.165, 1.54) is 11.7 Å². The van der Waals surface area contributed by atoms with Gasteiger partial charge in [-0.1, -0.05) is 18.1 Å². The van der Waals surface area contributed by atoms with E-state index < -0.39 is 17.5 Å². The summed E-state index contributed by atoms with van der Waals surface area (Å²) in [6.07, 6.45) is 1.69. The maximum Gasteiger partial charge on any atom is 0.323 e. The van der Waals surface area contributed by atoms with E-state index in [-0.39, 0.29) is 12.4 Å². The van der Waals surface area contributed by atoms with Crippen LogP contribution in [0.3, 0.4) is 0 Å². The molecule has 2 aromatic carbocycles. The molecule has 3 amide bonds. The van der Waals surface area contributed by atoms with E-state index in [9.17, 15) is 14.7 Å². The fraction of sp³-hybridized carbons (Fsp3) is 0.136. The Bertz CT molecular complexity index is 1420. The Kier molecular flexibility index (Phi) is 4.08. The summed E-state index contributed by atoms with van der Waals surface area (Å²) in [4.78, 5) is 24.7. The predicted octanol–water partition coefficient (Wildman–Crippen LogP) is 1.86. The lowest BCUT2D eigenvalue weighted by Crippen LogP contribution is -2.49. The van der Waals surface area contributed by atoms with Crippen molar-refractivity contribution in [1.29, 1.82) is 0 Å². The summed E-state index contributed by atoms with van der Waals surface area (Å²) in [6.45, 7) is -0.0908. The van der Waals surface area contributed by atoms with Crippen LogP contribution < -0.4 is 15.4 Å². The van der Waals surface area contributed by atoms with Crippen LogP contribution in [-0.4, -0.2) is 44.5 Å². The summed E-state index contributed by atoms with van der Waals surface area (Å²) in [5, 5.41) is 24.7. The molecular formula is C22H17N5O4. The summed E-state index contributed by atoms with van der Waals surface area (Å²) >= 11 is 0. The molecule has 1 aliphatic heterocycles. The van der Waals surface area contributed by atoms with Gasteiger partial charge in [0.15, 0.2) is 5.88 Å². The average molecular weight is 415 g/mol. The molecule has 1 atom stereocenters. The van der Waals surface area contributed by atoms with Gasteiger partial charge in [0.05, 0.1) is 19.2 Å². The van der Waals surface area contributed by atoms with Crippen LogP contribution in [0.4, 0.5) is 4.79 Å². The van der Waals surface area contributed by atoms with E-state index in [4.69, 9.17) is 4.74 Å². The number of urea groups is 1. The lowest BCUT2D eigenvalue weighted by atomic mass is 10.00. The fourth-order valence-electron chi connectivity index (χ4n) is 3.68. The zero-order valence-corrected chi connectivity index (χ0v) is 16.4. The van der Waals surface area contributed by atoms with Gasteiger partial charge in [0.1, 0.15) is 11.4 Å². The zero-order chi connectivity index (χ0) is 21.6. The Balaban J connectivity index is 1.58. The molecule has 1 aliphatic rings. The Morgan fingerprint density at radius 1 is 1.19 bits per heavy atom. The van der Waals surface area contributed by atoms with Crippen LogP contribution in [-0.2, 0) is 11.3 Å². The molecule has 31 heavy (non-hydrogen) atoms. The highest BCUT2D eigenvalue weighted by Crippen LogP contribution is 2.32. The van der Waals surface area contributed by atoms with Crippen molar-refractivity contribution in [3.05, 3.63) is 54.4 Å². The number of aromatic hydroxyl groups is 1. The molecule has 0 bridgehead atoms. The van der Waals surface area contributed by atoms with E-state index in [2.05, 4.69) is 32.7 Å². The Morgan fingerprint density at radius 3 is 2.81 bits per heavy atom. The molecular weight excluding hydrogens is 398 g/mol. The predicted molar refractivity (Wildman–Crippen MR) is 113 cm³/mol. The topological polar surface area (TPSA) is 121 Å². The summed E-state index contributed by atoms with van der Waals surface area (Å²) in [5.74, 6) is 5.76. The lowest BCUT2D eigenvalue weighted by molar-refractivity contribution is -0.122. The first kappa shape index (κ1) is 18.6. The second kappa shape index (κ2) is 6.81. The lowest BCUT2D eigenvalue weighted by Gasteiger charge is -2.20. The number of carbonyl (C=O) groups excluding carboxylic acids is 2. The molecule has 1 saturated heterocycles. The number of benzene rings is 2. The van der Waals surface area contributed by atoms with E-state index in [1.54, 1.807) is 24.4 Å². The number of para-hydroxylation sites is 1. The van der Waals surface area contributed by atoms with Crippen LogP contribution in [0, 0.1) is 11.8 Å². The smallest absolute Gasteiger partial charge is 0.323 e. The number of nitrogens with zero attached hydrogens (tertiary/aromatic N) is 2. The number of ether oxygens (including phenoxy) is 1. The van der Waals surface area contributed by atoms with Crippen molar-refractivity contribution in [3.63, 3.8) is 0 Å². The van der Waals surface area contributed by atoms with E-state index in [0.29, 0.717) is 16.8 Å². The average Bonchev–Trinajstić information content (AvgIpc) is 3.41. The van der Waals surface area contributed by atoms with Gasteiger partial charge in [0.2, 0.25) is 5.54 Å². The minimum atomic E-state index is -1.57. The van der Waals surface area contributed by atoms with Crippen LogP contribution in [0.25, 0.3) is 21.7 Å². The van der Waals surface area contributed by atoms with Gasteiger partial charge in [0.25, 0.3) is 5.91 Å².